The Morgan fingerprint density at radius 2 is 1.79 bits per heavy atom. The van der Waals surface area contributed by atoms with Gasteiger partial charge in [-0.25, -0.2) is 17.2 Å². The van der Waals surface area contributed by atoms with Crippen LogP contribution in [0.25, 0.3) is 10.9 Å². The number of sulfonamides is 1. The van der Waals surface area contributed by atoms with Gasteiger partial charge in [0.2, 0.25) is 10.0 Å². The molecule has 0 atom stereocenters. The topological polar surface area (TPSA) is 120 Å². The maximum absolute atomic E-state index is 13.6. The van der Waals surface area contributed by atoms with E-state index in [4.69, 9.17) is 4.74 Å². The lowest BCUT2D eigenvalue weighted by atomic mass is 10.2. The molecule has 0 aliphatic carbocycles. The smallest absolute Gasteiger partial charge is 0.322 e. The highest BCUT2D eigenvalue weighted by molar-refractivity contribution is 7.89. The van der Waals surface area contributed by atoms with Gasteiger partial charge in [-0.05, 0) is 24.3 Å². The summed E-state index contributed by atoms with van der Waals surface area (Å²) in [6.07, 6.45) is 0. The zero-order valence-corrected chi connectivity index (χ0v) is 14.8. The highest BCUT2D eigenvalue weighted by Gasteiger charge is 2.24. The van der Waals surface area contributed by atoms with Gasteiger partial charge in [0.1, 0.15) is 23.7 Å². The number of halogens is 2. The van der Waals surface area contributed by atoms with Crippen LogP contribution in [0, 0.1) is 11.6 Å². The molecule has 0 spiro atoms. The molecule has 0 fully saturated rings. The standard InChI is InChI=1S/C16H12F2N4O5S/c17-11-5-3-6-12(18)15(11)28(25,26)19-8-14(23)27-9-22-16(24)10-4-1-2-7-13(10)20-21-22/h1-7,19H,8-9H2. The van der Waals surface area contributed by atoms with Gasteiger partial charge < -0.3 is 4.74 Å². The number of carbonyl (C=O) groups is 1. The predicted octanol–water partition coefficient (Wildman–Crippen LogP) is 0.549. The molecule has 3 aromatic rings. The van der Waals surface area contributed by atoms with Gasteiger partial charge in [0.05, 0.1) is 5.39 Å². The summed E-state index contributed by atoms with van der Waals surface area (Å²) in [5, 5.41) is 7.64. The maximum Gasteiger partial charge on any atom is 0.322 e. The number of hydrogen-bond donors (Lipinski definition) is 1. The molecule has 1 aromatic heterocycles. The van der Waals surface area contributed by atoms with Gasteiger partial charge in [-0.2, -0.15) is 9.40 Å². The summed E-state index contributed by atoms with van der Waals surface area (Å²) in [6.45, 7) is -1.53. The molecular formula is C16H12F2N4O5S. The van der Waals surface area contributed by atoms with E-state index in [2.05, 4.69) is 10.3 Å². The van der Waals surface area contributed by atoms with Crippen LogP contribution in [0.4, 0.5) is 8.78 Å². The van der Waals surface area contributed by atoms with E-state index in [1.807, 2.05) is 0 Å². The van der Waals surface area contributed by atoms with E-state index in [1.165, 1.54) is 6.07 Å². The number of esters is 1. The second-order valence-corrected chi connectivity index (χ2v) is 7.14. The first-order chi connectivity index (χ1) is 13.3. The third-order valence-corrected chi connectivity index (χ3v) is 5.02. The normalized spacial score (nSPS) is 11.5. The summed E-state index contributed by atoms with van der Waals surface area (Å²) in [7, 11) is -4.63. The van der Waals surface area contributed by atoms with Crippen molar-refractivity contribution >= 4 is 26.9 Å². The molecule has 0 saturated heterocycles. The van der Waals surface area contributed by atoms with Crippen molar-refractivity contribution in [2.24, 2.45) is 0 Å². The molecule has 1 heterocycles. The molecule has 0 amide bonds. The maximum atomic E-state index is 13.6. The molecule has 0 aliphatic rings. The van der Waals surface area contributed by atoms with Crippen molar-refractivity contribution in [2.45, 2.75) is 11.6 Å². The number of aromatic nitrogens is 3. The van der Waals surface area contributed by atoms with Crippen molar-refractivity contribution in [3.8, 4) is 0 Å². The molecule has 12 heteroatoms. The Bertz CT molecular complexity index is 1190. The van der Waals surface area contributed by atoms with Crippen LogP contribution in [0.2, 0.25) is 0 Å². The van der Waals surface area contributed by atoms with Crippen molar-refractivity contribution in [1.82, 2.24) is 19.7 Å². The quantitative estimate of drug-likeness (QED) is 0.589. The second kappa shape index (κ2) is 7.78. The van der Waals surface area contributed by atoms with E-state index in [0.29, 0.717) is 5.52 Å². The molecule has 0 aliphatic heterocycles. The molecule has 28 heavy (non-hydrogen) atoms. The van der Waals surface area contributed by atoms with Crippen molar-refractivity contribution in [2.75, 3.05) is 6.54 Å². The van der Waals surface area contributed by atoms with Crippen molar-refractivity contribution < 1.29 is 26.7 Å². The Labute approximate surface area is 156 Å². The average molecular weight is 410 g/mol. The molecule has 1 N–H and O–H groups in total. The van der Waals surface area contributed by atoms with Gasteiger partial charge in [0, 0.05) is 0 Å². The zero-order chi connectivity index (χ0) is 20.3. The third-order valence-electron chi connectivity index (χ3n) is 3.57. The number of nitrogens with one attached hydrogen (secondary N) is 1. The lowest BCUT2D eigenvalue weighted by molar-refractivity contribution is -0.146. The van der Waals surface area contributed by atoms with Crippen molar-refractivity contribution in [1.29, 1.82) is 0 Å². The fourth-order valence-electron chi connectivity index (χ4n) is 2.26. The van der Waals surface area contributed by atoms with Crippen LogP contribution >= 0.6 is 0 Å². The van der Waals surface area contributed by atoms with E-state index in [1.54, 1.807) is 22.9 Å². The highest BCUT2D eigenvalue weighted by Crippen LogP contribution is 2.17. The lowest BCUT2D eigenvalue weighted by Crippen LogP contribution is -2.33. The lowest BCUT2D eigenvalue weighted by Gasteiger charge is -2.09. The van der Waals surface area contributed by atoms with Crippen molar-refractivity contribution in [3.05, 3.63) is 64.5 Å². The number of benzene rings is 2. The summed E-state index contributed by atoms with van der Waals surface area (Å²) in [4.78, 5) is 22.7. The molecule has 2 aromatic carbocycles. The van der Waals surface area contributed by atoms with E-state index in [9.17, 15) is 26.8 Å². The van der Waals surface area contributed by atoms with Crippen LogP contribution in [0.5, 0.6) is 0 Å². The van der Waals surface area contributed by atoms with Crippen LogP contribution in [-0.2, 0) is 26.3 Å². The molecular weight excluding hydrogens is 398 g/mol. The Morgan fingerprint density at radius 1 is 1.11 bits per heavy atom. The van der Waals surface area contributed by atoms with Crippen LogP contribution in [0.3, 0.4) is 0 Å². The Morgan fingerprint density at radius 3 is 2.50 bits per heavy atom. The van der Waals surface area contributed by atoms with Crippen LogP contribution in [-0.4, -0.2) is 35.9 Å². The second-order valence-electron chi connectivity index (χ2n) is 5.43. The van der Waals surface area contributed by atoms with Gasteiger partial charge >= 0.3 is 5.97 Å². The monoisotopic (exact) mass is 410 g/mol. The van der Waals surface area contributed by atoms with Crippen LogP contribution < -0.4 is 10.3 Å². The van der Waals surface area contributed by atoms with E-state index in [0.717, 1.165) is 22.9 Å². The SMILES string of the molecule is O=C(CNS(=O)(=O)c1c(F)cccc1F)OCn1nnc2ccccc2c1=O. The summed E-state index contributed by atoms with van der Waals surface area (Å²) in [6, 6.07) is 8.92. The number of carbonyl (C=O) groups excluding carboxylic acids is 1. The van der Waals surface area contributed by atoms with Gasteiger partial charge in [-0.3, -0.25) is 9.59 Å². The Hall–Kier alpha value is -3.25. The number of hydrogen-bond acceptors (Lipinski definition) is 7. The Balaban J connectivity index is 1.65. The number of fused-ring (bicyclic) bond motifs is 1. The zero-order valence-electron chi connectivity index (χ0n) is 14.0. The molecule has 0 radical (unpaired) electrons. The fraction of sp³-hybridized carbons (Fsp3) is 0.125. The van der Waals surface area contributed by atoms with Crippen LogP contribution in [0.15, 0.2) is 52.2 Å². The number of ether oxygens (including phenoxy) is 1. The summed E-state index contributed by atoms with van der Waals surface area (Å²) in [5.74, 6) is -3.71. The van der Waals surface area contributed by atoms with Crippen molar-refractivity contribution in [3.63, 3.8) is 0 Å². The molecule has 146 valence electrons. The largest absolute Gasteiger partial charge is 0.441 e. The highest BCUT2D eigenvalue weighted by atomic mass is 32.2. The van der Waals surface area contributed by atoms with Gasteiger partial charge in [-0.1, -0.05) is 23.4 Å². The summed E-state index contributed by atoms with van der Waals surface area (Å²) in [5.41, 5.74) is -0.206. The van der Waals surface area contributed by atoms with Gasteiger partial charge in [0.25, 0.3) is 5.56 Å². The van der Waals surface area contributed by atoms with Gasteiger partial charge in [-0.15, -0.1) is 5.10 Å². The first kappa shape index (κ1) is 19.5. The first-order valence-corrected chi connectivity index (χ1v) is 9.20. The minimum atomic E-state index is -4.63. The molecule has 9 nitrogen and oxygen atoms in total. The molecule has 0 saturated carbocycles. The minimum Gasteiger partial charge on any atom is -0.441 e. The molecule has 0 unspecified atom stereocenters. The summed E-state index contributed by atoms with van der Waals surface area (Å²) >= 11 is 0. The third kappa shape index (κ3) is 4.02. The summed E-state index contributed by atoms with van der Waals surface area (Å²) < 4.78 is 58.4. The predicted molar refractivity (Wildman–Crippen MR) is 91.4 cm³/mol. The van der Waals surface area contributed by atoms with Gasteiger partial charge in [0.15, 0.2) is 11.6 Å². The average Bonchev–Trinajstić information content (AvgIpc) is 2.66. The minimum absolute atomic E-state index is 0.254. The van der Waals surface area contributed by atoms with E-state index >= 15 is 0 Å². The van der Waals surface area contributed by atoms with E-state index < -0.39 is 51.4 Å². The molecule has 3 rings (SSSR count). The Kier molecular flexibility index (Phi) is 5.42. The molecule has 0 bridgehead atoms. The first-order valence-electron chi connectivity index (χ1n) is 7.71. The number of nitrogens with zero attached hydrogens (tertiary/aromatic N) is 3. The number of rotatable bonds is 6. The fourth-order valence-corrected chi connectivity index (χ4v) is 3.36. The van der Waals surface area contributed by atoms with E-state index in [-0.39, 0.29) is 5.39 Å². The van der Waals surface area contributed by atoms with Crippen LogP contribution in [0.1, 0.15) is 0 Å².